The van der Waals surface area contributed by atoms with Crippen molar-refractivity contribution in [1.82, 2.24) is 5.32 Å². The molecule has 1 fully saturated rings. The Kier molecular flexibility index (Phi) is 5.00. The smallest absolute Gasteiger partial charge is 0.0763 e. The Morgan fingerprint density at radius 2 is 2.43 bits per heavy atom. The molecule has 1 N–H and O–H groups in total. The molecule has 0 saturated carbocycles. The zero-order valence-corrected chi connectivity index (χ0v) is 9.25. The first-order valence-corrected chi connectivity index (χ1v) is 5.58. The van der Waals surface area contributed by atoms with Crippen LogP contribution in [0.5, 0.6) is 0 Å². The summed E-state index contributed by atoms with van der Waals surface area (Å²) in [6.07, 6.45) is 8.77. The molecule has 1 rings (SSSR count). The maximum absolute atomic E-state index is 5.72. The molecule has 0 amide bonds. The van der Waals surface area contributed by atoms with Gasteiger partial charge < -0.3 is 10.1 Å². The van der Waals surface area contributed by atoms with Crippen molar-refractivity contribution in [3.8, 4) is 12.3 Å². The van der Waals surface area contributed by atoms with E-state index in [1.165, 1.54) is 6.42 Å². The van der Waals surface area contributed by atoms with Gasteiger partial charge in [0, 0.05) is 19.1 Å². The lowest BCUT2D eigenvalue weighted by Crippen LogP contribution is -2.42. The van der Waals surface area contributed by atoms with Gasteiger partial charge in [0.25, 0.3) is 0 Å². The van der Waals surface area contributed by atoms with E-state index in [1.54, 1.807) is 0 Å². The third kappa shape index (κ3) is 3.01. The van der Waals surface area contributed by atoms with Gasteiger partial charge >= 0.3 is 0 Å². The van der Waals surface area contributed by atoms with Gasteiger partial charge in [0.1, 0.15) is 0 Å². The summed E-state index contributed by atoms with van der Waals surface area (Å²) >= 11 is 0. The molecule has 1 saturated heterocycles. The van der Waals surface area contributed by atoms with Crippen LogP contribution in [0.2, 0.25) is 0 Å². The first-order chi connectivity index (χ1) is 6.79. The highest BCUT2D eigenvalue weighted by Gasteiger charge is 2.30. The second kappa shape index (κ2) is 6.06. The fraction of sp³-hybridized carbons (Fsp3) is 0.833. The average molecular weight is 195 g/mol. The number of ether oxygens (including phenoxy) is 1. The molecule has 0 bridgehead atoms. The van der Waals surface area contributed by atoms with Gasteiger partial charge in [0.2, 0.25) is 0 Å². The summed E-state index contributed by atoms with van der Waals surface area (Å²) in [5.74, 6) is 3.37. The van der Waals surface area contributed by atoms with Gasteiger partial charge in [0.05, 0.1) is 6.10 Å². The van der Waals surface area contributed by atoms with E-state index >= 15 is 0 Å². The number of terminal acetylenes is 1. The predicted octanol–water partition coefficient (Wildman–Crippen LogP) is 1.80. The quantitative estimate of drug-likeness (QED) is 0.675. The van der Waals surface area contributed by atoms with Crippen LogP contribution >= 0.6 is 0 Å². The minimum atomic E-state index is 0.317. The molecule has 1 aliphatic rings. The van der Waals surface area contributed by atoms with E-state index in [0.717, 1.165) is 26.0 Å². The first-order valence-electron chi connectivity index (χ1n) is 5.58. The fourth-order valence-corrected chi connectivity index (χ4v) is 1.99. The van der Waals surface area contributed by atoms with E-state index in [9.17, 15) is 0 Å². The molecule has 0 aliphatic carbocycles. The maximum Gasteiger partial charge on any atom is 0.0763 e. The molecular formula is C12H21NO. The van der Waals surface area contributed by atoms with E-state index < -0.39 is 0 Å². The highest BCUT2D eigenvalue weighted by Crippen LogP contribution is 2.24. The second-order valence-electron chi connectivity index (χ2n) is 4.07. The Bertz CT molecular complexity index is 197. The van der Waals surface area contributed by atoms with Crippen LogP contribution in [0.15, 0.2) is 0 Å². The SMILES string of the molecule is C#CCC(NCCC)C1OCCC1C. The number of hydrogen-bond donors (Lipinski definition) is 1. The van der Waals surface area contributed by atoms with E-state index in [2.05, 4.69) is 25.1 Å². The van der Waals surface area contributed by atoms with Gasteiger partial charge in [-0.2, -0.15) is 0 Å². The molecule has 0 radical (unpaired) electrons. The summed E-state index contributed by atoms with van der Waals surface area (Å²) in [6, 6.07) is 0.345. The lowest BCUT2D eigenvalue weighted by Gasteiger charge is -2.25. The van der Waals surface area contributed by atoms with Crippen LogP contribution in [0.4, 0.5) is 0 Å². The predicted molar refractivity (Wildman–Crippen MR) is 59.1 cm³/mol. The molecule has 80 valence electrons. The fourth-order valence-electron chi connectivity index (χ4n) is 1.99. The molecule has 14 heavy (non-hydrogen) atoms. The van der Waals surface area contributed by atoms with E-state index in [1.807, 2.05) is 0 Å². The van der Waals surface area contributed by atoms with Crippen molar-refractivity contribution < 1.29 is 4.74 Å². The summed E-state index contributed by atoms with van der Waals surface area (Å²) in [5, 5.41) is 3.48. The standard InChI is InChI=1S/C12H21NO/c1-4-6-11(13-8-5-2)12-10(3)7-9-14-12/h1,10-13H,5-9H2,2-3H3. The van der Waals surface area contributed by atoms with E-state index in [4.69, 9.17) is 11.2 Å². The third-order valence-electron chi connectivity index (χ3n) is 2.84. The van der Waals surface area contributed by atoms with Gasteiger partial charge in [-0.25, -0.2) is 0 Å². The topological polar surface area (TPSA) is 21.3 Å². The Morgan fingerprint density at radius 1 is 1.64 bits per heavy atom. The molecule has 2 nitrogen and oxygen atoms in total. The molecule has 3 atom stereocenters. The van der Waals surface area contributed by atoms with Crippen molar-refractivity contribution in [2.75, 3.05) is 13.2 Å². The van der Waals surface area contributed by atoms with Crippen LogP contribution in [0.25, 0.3) is 0 Å². The zero-order chi connectivity index (χ0) is 10.4. The van der Waals surface area contributed by atoms with Crippen molar-refractivity contribution in [1.29, 1.82) is 0 Å². The first kappa shape index (κ1) is 11.6. The second-order valence-corrected chi connectivity index (χ2v) is 4.07. The normalized spacial score (nSPS) is 28.6. The Labute approximate surface area is 87.4 Å². The monoisotopic (exact) mass is 195 g/mol. The van der Waals surface area contributed by atoms with E-state index in [-0.39, 0.29) is 0 Å². The summed E-state index contributed by atoms with van der Waals surface area (Å²) in [4.78, 5) is 0. The molecule has 0 aromatic carbocycles. The average Bonchev–Trinajstić information content (AvgIpc) is 2.59. The summed E-state index contributed by atoms with van der Waals surface area (Å²) < 4.78 is 5.72. The molecule has 3 unspecified atom stereocenters. The molecule has 1 heterocycles. The van der Waals surface area contributed by atoms with Crippen molar-refractivity contribution in [3.05, 3.63) is 0 Å². The number of rotatable bonds is 5. The van der Waals surface area contributed by atoms with Crippen molar-refractivity contribution in [3.63, 3.8) is 0 Å². The van der Waals surface area contributed by atoms with Crippen molar-refractivity contribution >= 4 is 0 Å². The van der Waals surface area contributed by atoms with Crippen LogP contribution in [-0.2, 0) is 4.74 Å². The van der Waals surface area contributed by atoms with Crippen LogP contribution in [0, 0.1) is 18.3 Å². The van der Waals surface area contributed by atoms with Gasteiger partial charge in [-0.05, 0) is 25.3 Å². The molecule has 2 heteroatoms. The van der Waals surface area contributed by atoms with Crippen LogP contribution in [-0.4, -0.2) is 25.3 Å². The number of hydrogen-bond acceptors (Lipinski definition) is 2. The minimum absolute atomic E-state index is 0.317. The highest BCUT2D eigenvalue weighted by atomic mass is 16.5. The lowest BCUT2D eigenvalue weighted by atomic mass is 9.95. The van der Waals surface area contributed by atoms with Gasteiger partial charge in [-0.15, -0.1) is 12.3 Å². The van der Waals surface area contributed by atoms with Crippen LogP contribution < -0.4 is 5.32 Å². The van der Waals surface area contributed by atoms with Crippen LogP contribution in [0.3, 0.4) is 0 Å². The maximum atomic E-state index is 5.72. The lowest BCUT2D eigenvalue weighted by molar-refractivity contribution is 0.0625. The van der Waals surface area contributed by atoms with Gasteiger partial charge in [-0.3, -0.25) is 0 Å². The molecule has 0 spiro atoms. The summed E-state index contributed by atoms with van der Waals surface area (Å²) in [5.41, 5.74) is 0. The minimum Gasteiger partial charge on any atom is -0.376 e. The Hall–Kier alpha value is -0.520. The molecule has 0 aromatic heterocycles. The summed E-state index contributed by atoms with van der Waals surface area (Å²) in [7, 11) is 0. The van der Waals surface area contributed by atoms with Crippen molar-refractivity contribution in [2.24, 2.45) is 5.92 Å². The van der Waals surface area contributed by atoms with Gasteiger partial charge in [-0.1, -0.05) is 13.8 Å². The molecule has 0 aromatic rings. The number of nitrogens with one attached hydrogen (secondary N) is 1. The van der Waals surface area contributed by atoms with Gasteiger partial charge in [0.15, 0.2) is 0 Å². The highest BCUT2D eigenvalue weighted by molar-refractivity contribution is 4.95. The molecular weight excluding hydrogens is 174 g/mol. The Balaban J connectivity index is 2.44. The largest absolute Gasteiger partial charge is 0.376 e. The summed E-state index contributed by atoms with van der Waals surface area (Å²) in [6.45, 7) is 6.33. The van der Waals surface area contributed by atoms with Crippen molar-refractivity contribution in [2.45, 2.75) is 45.3 Å². The third-order valence-corrected chi connectivity index (χ3v) is 2.84. The molecule has 1 aliphatic heterocycles. The Morgan fingerprint density at radius 3 is 2.93 bits per heavy atom. The zero-order valence-electron chi connectivity index (χ0n) is 9.25. The van der Waals surface area contributed by atoms with E-state index in [0.29, 0.717) is 18.1 Å². The van der Waals surface area contributed by atoms with Crippen LogP contribution in [0.1, 0.15) is 33.1 Å².